The van der Waals surface area contributed by atoms with Crippen LogP contribution in [0.25, 0.3) is 0 Å². The lowest BCUT2D eigenvalue weighted by Crippen LogP contribution is -2.42. The van der Waals surface area contributed by atoms with Gasteiger partial charge in [-0.05, 0) is 59.4 Å². The first-order chi connectivity index (χ1) is 10.4. The van der Waals surface area contributed by atoms with E-state index in [1.807, 2.05) is 17.7 Å². The van der Waals surface area contributed by atoms with Crippen LogP contribution in [0.15, 0.2) is 6.07 Å². The Morgan fingerprint density at radius 2 is 2.14 bits per heavy atom. The standard InChI is InChI=1S/C17H27N3O2/c1-11(15-6-5-9-22-15)18-16(21)14-10-13(12-7-8-12)19-20(14)17(2,3)4/h10-12,15H,5-9H2,1-4H3,(H,18,21)/t11-,15+/m0/s1. The number of hydrogen-bond donors (Lipinski definition) is 1. The Morgan fingerprint density at radius 1 is 1.41 bits per heavy atom. The number of aromatic nitrogens is 2. The highest BCUT2D eigenvalue weighted by Crippen LogP contribution is 2.40. The van der Waals surface area contributed by atoms with E-state index < -0.39 is 0 Å². The van der Waals surface area contributed by atoms with Gasteiger partial charge in [0.05, 0.1) is 23.4 Å². The maximum atomic E-state index is 12.7. The van der Waals surface area contributed by atoms with Crippen LogP contribution in [-0.4, -0.2) is 34.4 Å². The molecular formula is C17H27N3O2. The molecule has 1 saturated heterocycles. The SMILES string of the molecule is C[C@H](NC(=O)c1cc(C2CC2)nn1C(C)(C)C)[C@H]1CCCO1. The molecule has 2 fully saturated rings. The predicted octanol–water partition coefficient (Wildman–Crippen LogP) is 2.81. The summed E-state index contributed by atoms with van der Waals surface area (Å²) in [6.45, 7) is 9.06. The first-order valence-electron chi connectivity index (χ1n) is 8.39. The summed E-state index contributed by atoms with van der Waals surface area (Å²) in [5.74, 6) is 0.503. The van der Waals surface area contributed by atoms with Gasteiger partial charge in [-0.3, -0.25) is 9.48 Å². The summed E-state index contributed by atoms with van der Waals surface area (Å²) in [7, 11) is 0. The summed E-state index contributed by atoms with van der Waals surface area (Å²) in [6.07, 6.45) is 4.62. The topological polar surface area (TPSA) is 56.2 Å². The Bertz CT molecular complexity index is 549. The van der Waals surface area contributed by atoms with Gasteiger partial charge in [0.1, 0.15) is 5.69 Å². The van der Waals surface area contributed by atoms with E-state index in [9.17, 15) is 4.79 Å². The van der Waals surface area contributed by atoms with Crippen molar-refractivity contribution in [1.82, 2.24) is 15.1 Å². The summed E-state index contributed by atoms with van der Waals surface area (Å²) < 4.78 is 7.54. The van der Waals surface area contributed by atoms with Crippen molar-refractivity contribution in [3.05, 3.63) is 17.5 Å². The van der Waals surface area contributed by atoms with Gasteiger partial charge in [-0.2, -0.15) is 5.10 Å². The summed E-state index contributed by atoms with van der Waals surface area (Å²) in [5, 5.41) is 7.79. The molecule has 0 spiro atoms. The highest BCUT2D eigenvalue weighted by Gasteiger charge is 2.32. The first-order valence-corrected chi connectivity index (χ1v) is 8.39. The number of nitrogens with one attached hydrogen (secondary N) is 1. The number of nitrogens with zero attached hydrogens (tertiary/aromatic N) is 2. The Morgan fingerprint density at radius 3 is 2.68 bits per heavy atom. The minimum Gasteiger partial charge on any atom is -0.376 e. The van der Waals surface area contributed by atoms with Gasteiger partial charge >= 0.3 is 0 Å². The van der Waals surface area contributed by atoms with Crippen LogP contribution in [0, 0.1) is 0 Å². The molecule has 2 atom stereocenters. The summed E-state index contributed by atoms with van der Waals surface area (Å²) in [4.78, 5) is 12.7. The highest BCUT2D eigenvalue weighted by molar-refractivity contribution is 5.93. The predicted molar refractivity (Wildman–Crippen MR) is 85.1 cm³/mol. The van der Waals surface area contributed by atoms with Crippen molar-refractivity contribution in [2.75, 3.05) is 6.61 Å². The van der Waals surface area contributed by atoms with E-state index in [0.29, 0.717) is 11.6 Å². The maximum Gasteiger partial charge on any atom is 0.269 e. The molecule has 1 aliphatic carbocycles. The second-order valence-electron chi connectivity index (χ2n) is 7.62. The molecule has 3 rings (SSSR count). The zero-order chi connectivity index (χ0) is 15.9. The number of ether oxygens (including phenoxy) is 1. The monoisotopic (exact) mass is 305 g/mol. The Balaban J connectivity index is 1.78. The van der Waals surface area contributed by atoms with Crippen LogP contribution in [0.2, 0.25) is 0 Å². The number of rotatable bonds is 4. The number of amides is 1. The molecule has 0 unspecified atom stereocenters. The molecule has 2 heterocycles. The summed E-state index contributed by atoms with van der Waals surface area (Å²) in [6, 6.07) is 2.00. The normalized spacial score (nSPS) is 23.5. The second-order valence-corrected chi connectivity index (χ2v) is 7.62. The minimum atomic E-state index is -0.201. The van der Waals surface area contributed by atoms with E-state index in [1.165, 1.54) is 12.8 Å². The van der Waals surface area contributed by atoms with Crippen molar-refractivity contribution in [1.29, 1.82) is 0 Å². The van der Waals surface area contributed by atoms with Crippen molar-refractivity contribution in [3.8, 4) is 0 Å². The van der Waals surface area contributed by atoms with Gasteiger partial charge in [0.25, 0.3) is 5.91 Å². The van der Waals surface area contributed by atoms with Crippen molar-refractivity contribution < 1.29 is 9.53 Å². The van der Waals surface area contributed by atoms with E-state index in [2.05, 4.69) is 26.1 Å². The Hall–Kier alpha value is -1.36. The van der Waals surface area contributed by atoms with Gasteiger partial charge < -0.3 is 10.1 Å². The molecule has 1 aliphatic heterocycles. The molecule has 0 aromatic carbocycles. The molecule has 1 N–H and O–H groups in total. The van der Waals surface area contributed by atoms with E-state index >= 15 is 0 Å². The third-order valence-corrected chi connectivity index (χ3v) is 4.47. The fourth-order valence-electron chi connectivity index (χ4n) is 3.02. The highest BCUT2D eigenvalue weighted by atomic mass is 16.5. The van der Waals surface area contributed by atoms with Crippen LogP contribution in [0.3, 0.4) is 0 Å². The number of carbonyl (C=O) groups is 1. The van der Waals surface area contributed by atoms with Gasteiger partial charge in [0, 0.05) is 12.5 Å². The average molecular weight is 305 g/mol. The molecule has 5 nitrogen and oxygen atoms in total. The fraction of sp³-hybridized carbons (Fsp3) is 0.765. The molecule has 0 radical (unpaired) electrons. The Kier molecular flexibility index (Phi) is 4.02. The van der Waals surface area contributed by atoms with Gasteiger partial charge in [-0.1, -0.05) is 0 Å². The van der Waals surface area contributed by atoms with Gasteiger partial charge in [0.2, 0.25) is 0 Å². The average Bonchev–Trinajstić information content (AvgIpc) is 2.98. The van der Waals surface area contributed by atoms with Crippen LogP contribution < -0.4 is 5.32 Å². The van der Waals surface area contributed by atoms with E-state index in [0.717, 1.165) is 25.1 Å². The zero-order valence-corrected chi connectivity index (χ0v) is 14.1. The smallest absolute Gasteiger partial charge is 0.269 e. The van der Waals surface area contributed by atoms with E-state index in [-0.39, 0.29) is 23.6 Å². The van der Waals surface area contributed by atoms with Gasteiger partial charge in [0.15, 0.2) is 0 Å². The third kappa shape index (κ3) is 3.19. The molecule has 5 heteroatoms. The third-order valence-electron chi connectivity index (χ3n) is 4.47. The summed E-state index contributed by atoms with van der Waals surface area (Å²) in [5.41, 5.74) is 1.52. The first kappa shape index (κ1) is 15.5. The number of hydrogen-bond acceptors (Lipinski definition) is 3. The van der Waals surface area contributed by atoms with Gasteiger partial charge in [-0.25, -0.2) is 0 Å². The molecule has 1 amide bonds. The van der Waals surface area contributed by atoms with E-state index in [4.69, 9.17) is 9.84 Å². The maximum absolute atomic E-state index is 12.7. The zero-order valence-electron chi connectivity index (χ0n) is 14.1. The summed E-state index contributed by atoms with van der Waals surface area (Å²) >= 11 is 0. The molecule has 1 aromatic heterocycles. The lowest BCUT2D eigenvalue weighted by molar-refractivity contribution is 0.0702. The largest absolute Gasteiger partial charge is 0.376 e. The van der Waals surface area contributed by atoms with Crippen LogP contribution in [0.5, 0.6) is 0 Å². The molecule has 0 bridgehead atoms. The quantitative estimate of drug-likeness (QED) is 0.930. The van der Waals surface area contributed by atoms with Crippen LogP contribution in [0.4, 0.5) is 0 Å². The molecule has 1 aromatic rings. The lowest BCUT2D eigenvalue weighted by atomic mass is 10.1. The molecule has 1 saturated carbocycles. The minimum absolute atomic E-state index is 0.0303. The fourth-order valence-corrected chi connectivity index (χ4v) is 3.02. The van der Waals surface area contributed by atoms with Crippen LogP contribution >= 0.6 is 0 Å². The van der Waals surface area contributed by atoms with Crippen molar-refractivity contribution in [2.45, 2.75) is 77.0 Å². The van der Waals surface area contributed by atoms with Crippen LogP contribution in [-0.2, 0) is 10.3 Å². The second kappa shape index (κ2) is 5.69. The van der Waals surface area contributed by atoms with Crippen LogP contribution in [0.1, 0.15) is 75.5 Å². The van der Waals surface area contributed by atoms with Crippen molar-refractivity contribution >= 4 is 5.91 Å². The lowest BCUT2D eigenvalue weighted by Gasteiger charge is -2.24. The molecule has 122 valence electrons. The molecule has 22 heavy (non-hydrogen) atoms. The van der Waals surface area contributed by atoms with Crippen molar-refractivity contribution in [3.63, 3.8) is 0 Å². The number of carbonyl (C=O) groups excluding carboxylic acids is 1. The molecular weight excluding hydrogens is 278 g/mol. The van der Waals surface area contributed by atoms with Gasteiger partial charge in [-0.15, -0.1) is 0 Å². The Labute approximate surface area is 132 Å². The van der Waals surface area contributed by atoms with E-state index in [1.54, 1.807) is 0 Å². The molecule has 2 aliphatic rings. The van der Waals surface area contributed by atoms with Crippen molar-refractivity contribution in [2.24, 2.45) is 0 Å².